The van der Waals surface area contributed by atoms with E-state index in [1.54, 1.807) is 4.68 Å². The number of hydrogen-bond acceptors (Lipinski definition) is 5. The lowest BCUT2D eigenvalue weighted by Gasteiger charge is -2.28. The predicted octanol–water partition coefficient (Wildman–Crippen LogP) is 4.69. The van der Waals surface area contributed by atoms with E-state index in [0.717, 1.165) is 21.4 Å². The second-order valence-electron chi connectivity index (χ2n) is 6.30. The summed E-state index contributed by atoms with van der Waals surface area (Å²) >= 11 is 4.88. The van der Waals surface area contributed by atoms with Gasteiger partial charge in [-0.1, -0.05) is 58.0 Å². The number of allylic oxidation sites excluding steroid dienone is 1. The largest absolute Gasteiger partial charge is 0.328 e. The molecule has 0 fully saturated rings. The molecule has 8 heteroatoms. The fourth-order valence-electron chi connectivity index (χ4n) is 3.19. The Hall–Kier alpha value is -2.58. The molecule has 3 aromatic rings. The van der Waals surface area contributed by atoms with Gasteiger partial charge in [0.25, 0.3) is 5.91 Å². The van der Waals surface area contributed by atoms with Gasteiger partial charge in [-0.15, -0.1) is 5.10 Å². The Balaban J connectivity index is 1.76. The molecular weight excluding hydrogens is 438 g/mol. The minimum absolute atomic E-state index is 0.173. The summed E-state index contributed by atoms with van der Waals surface area (Å²) in [5.41, 5.74) is 3.08. The number of benzene rings is 2. The molecule has 0 aliphatic carbocycles. The van der Waals surface area contributed by atoms with E-state index in [1.165, 1.54) is 11.8 Å². The SMILES string of the molecule is CSc1nc2n(n1)[C@@H](c1ccccc1)C(C(=O)Nc1ccc(Br)cc1)=C(C)N2. The number of thioether (sulfide) groups is 1. The molecule has 2 aromatic carbocycles. The van der Waals surface area contributed by atoms with Crippen molar-refractivity contribution in [1.82, 2.24) is 14.8 Å². The Bertz CT molecular complexity index is 1050. The first-order chi connectivity index (χ1) is 13.6. The van der Waals surface area contributed by atoms with Crippen LogP contribution in [0.5, 0.6) is 0 Å². The highest BCUT2D eigenvalue weighted by molar-refractivity contribution is 9.10. The first-order valence-corrected chi connectivity index (χ1v) is 10.7. The minimum atomic E-state index is -0.360. The number of amides is 1. The maximum absolute atomic E-state index is 13.2. The molecule has 2 heterocycles. The quantitative estimate of drug-likeness (QED) is 0.558. The molecule has 0 unspecified atom stereocenters. The van der Waals surface area contributed by atoms with E-state index in [2.05, 4.69) is 36.6 Å². The Morgan fingerprint density at radius 1 is 1.18 bits per heavy atom. The fraction of sp³-hybridized carbons (Fsp3) is 0.150. The molecule has 0 bridgehead atoms. The molecule has 1 amide bonds. The summed E-state index contributed by atoms with van der Waals surface area (Å²) in [6, 6.07) is 17.0. The van der Waals surface area contributed by atoms with Gasteiger partial charge < -0.3 is 10.6 Å². The van der Waals surface area contributed by atoms with Crippen LogP contribution in [-0.4, -0.2) is 26.9 Å². The van der Waals surface area contributed by atoms with Crippen molar-refractivity contribution in [2.75, 3.05) is 16.9 Å². The van der Waals surface area contributed by atoms with Crippen LogP contribution in [0.3, 0.4) is 0 Å². The van der Waals surface area contributed by atoms with Crippen molar-refractivity contribution in [2.24, 2.45) is 0 Å². The summed E-state index contributed by atoms with van der Waals surface area (Å²) in [5.74, 6) is 0.462. The smallest absolute Gasteiger partial charge is 0.255 e. The van der Waals surface area contributed by atoms with Crippen LogP contribution in [0.25, 0.3) is 0 Å². The second-order valence-corrected chi connectivity index (χ2v) is 7.99. The van der Waals surface area contributed by atoms with Gasteiger partial charge in [0.05, 0.1) is 5.57 Å². The average molecular weight is 456 g/mol. The van der Waals surface area contributed by atoms with Gasteiger partial charge >= 0.3 is 0 Å². The van der Waals surface area contributed by atoms with E-state index in [4.69, 9.17) is 0 Å². The van der Waals surface area contributed by atoms with E-state index < -0.39 is 0 Å². The third-order valence-electron chi connectivity index (χ3n) is 4.48. The van der Waals surface area contributed by atoms with E-state index in [-0.39, 0.29) is 11.9 Å². The maximum Gasteiger partial charge on any atom is 0.255 e. The maximum atomic E-state index is 13.2. The Kier molecular flexibility index (Phi) is 5.23. The molecule has 1 aliphatic heterocycles. The van der Waals surface area contributed by atoms with Gasteiger partial charge in [0.1, 0.15) is 6.04 Å². The number of anilines is 2. The van der Waals surface area contributed by atoms with Crippen molar-refractivity contribution in [1.29, 1.82) is 0 Å². The molecule has 1 aromatic heterocycles. The van der Waals surface area contributed by atoms with E-state index in [0.29, 0.717) is 16.7 Å². The van der Waals surface area contributed by atoms with Crippen LogP contribution in [0.1, 0.15) is 18.5 Å². The number of nitrogens with one attached hydrogen (secondary N) is 2. The summed E-state index contributed by atoms with van der Waals surface area (Å²) in [6.45, 7) is 1.89. The number of carbonyl (C=O) groups excluding carboxylic acids is 1. The molecule has 4 rings (SSSR count). The number of halogens is 1. The number of hydrogen-bond donors (Lipinski definition) is 2. The van der Waals surface area contributed by atoms with Crippen molar-refractivity contribution in [3.63, 3.8) is 0 Å². The summed E-state index contributed by atoms with van der Waals surface area (Å²) < 4.78 is 2.74. The zero-order valence-electron chi connectivity index (χ0n) is 15.3. The normalized spacial score (nSPS) is 15.8. The molecule has 142 valence electrons. The first-order valence-electron chi connectivity index (χ1n) is 8.67. The zero-order valence-corrected chi connectivity index (χ0v) is 17.7. The molecule has 0 saturated heterocycles. The standard InChI is InChI=1S/C20H18BrN5OS/c1-12-16(18(27)23-15-10-8-14(21)9-11-15)17(13-6-4-3-5-7-13)26-19(22-12)24-20(25-26)28-2/h3-11,17H,1-2H3,(H,23,27)(H,22,24,25)/t17-/m0/s1. The highest BCUT2D eigenvalue weighted by atomic mass is 79.9. The molecule has 0 radical (unpaired) electrons. The molecule has 1 aliphatic rings. The van der Waals surface area contributed by atoms with Crippen LogP contribution >= 0.6 is 27.7 Å². The van der Waals surface area contributed by atoms with Crippen molar-refractivity contribution in [3.05, 3.63) is 75.9 Å². The predicted molar refractivity (Wildman–Crippen MR) is 115 cm³/mol. The van der Waals surface area contributed by atoms with Crippen LogP contribution in [0.2, 0.25) is 0 Å². The number of fused-ring (bicyclic) bond motifs is 1. The molecule has 2 N–H and O–H groups in total. The lowest BCUT2D eigenvalue weighted by Crippen LogP contribution is -2.31. The van der Waals surface area contributed by atoms with E-state index in [1.807, 2.05) is 67.8 Å². The van der Waals surface area contributed by atoms with Crippen LogP contribution < -0.4 is 10.6 Å². The van der Waals surface area contributed by atoms with Crippen molar-refractivity contribution in [3.8, 4) is 0 Å². The average Bonchev–Trinajstić information content (AvgIpc) is 3.12. The third kappa shape index (κ3) is 3.57. The Morgan fingerprint density at radius 2 is 1.89 bits per heavy atom. The topological polar surface area (TPSA) is 71.8 Å². The van der Waals surface area contributed by atoms with Gasteiger partial charge in [0.15, 0.2) is 0 Å². The van der Waals surface area contributed by atoms with Gasteiger partial charge in [-0.2, -0.15) is 4.98 Å². The van der Waals surface area contributed by atoms with Gasteiger partial charge in [0, 0.05) is 15.9 Å². The molecule has 0 saturated carbocycles. The second kappa shape index (κ2) is 7.81. The number of nitrogens with zero attached hydrogens (tertiary/aromatic N) is 3. The molecular formula is C20H18BrN5OS. The monoisotopic (exact) mass is 455 g/mol. The Labute approximate surface area is 175 Å². The van der Waals surface area contributed by atoms with Crippen molar-refractivity contribution >= 4 is 45.2 Å². The van der Waals surface area contributed by atoms with Crippen LogP contribution in [-0.2, 0) is 4.79 Å². The molecule has 28 heavy (non-hydrogen) atoms. The van der Waals surface area contributed by atoms with Gasteiger partial charge in [0.2, 0.25) is 11.1 Å². The third-order valence-corrected chi connectivity index (χ3v) is 5.54. The van der Waals surface area contributed by atoms with Crippen molar-refractivity contribution in [2.45, 2.75) is 18.1 Å². The van der Waals surface area contributed by atoms with E-state index in [9.17, 15) is 4.79 Å². The van der Waals surface area contributed by atoms with Crippen LogP contribution in [0.4, 0.5) is 11.6 Å². The zero-order chi connectivity index (χ0) is 19.7. The fourth-order valence-corrected chi connectivity index (χ4v) is 3.80. The van der Waals surface area contributed by atoms with Gasteiger partial charge in [-0.25, -0.2) is 4.68 Å². The minimum Gasteiger partial charge on any atom is -0.328 e. The molecule has 0 spiro atoms. The number of aromatic nitrogens is 3. The molecule has 1 atom stereocenters. The van der Waals surface area contributed by atoms with Crippen LogP contribution in [0.15, 0.2) is 75.5 Å². The number of carbonyl (C=O) groups is 1. The summed E-state index contributed by atoms with van der Waals surface area (Å²) in [5, 5.41) is 11.5. The Morgan fingerprint density at radius 3 is 2.57 bits per heavy atom. The van der Waals surface area contributed by atoms with Crippen LogP contribution in [0, 0.1) is 0 Å². The summed E-state index contributed by atoms with van der Waals surface area (Å²) in [7, 11) is 0. The number of rotatable bonds is 4. The summed E-state index contributed by atoms with van der Waals surface area (Å²) in [4.78, 5) is 17.8. The molecule has 6 nitrogen and oxygen atoms in total. The first kappa shape index (κ1) is 18.8. The van der Waals surface area contributed by atoms with E-state index >= 15 is 0 Å². The highest BCUT2D eigenvalue weighted by Crippen LogP contribution is 2.36. The van der Waals surface area contributed by atoms with Gasteiger partial charge in [-0.05, 0) is 43.0 Å². The lowest BCUT2D eigenvalue weighted by atomic mass is 9.95. The van der Waals surface area contributed by atoms with Crippen molar-refractivity contribution < 1.29 is 4.79 Å². The lowest BCUT2D eigenvalue weighted by molar-refractivity contribution is -0.113. The summed E-state index contributed by atoms with van der Waals surface area (Å²) in [6.07, 6.45) is 1.93. The highest BCUT2D eigenvalue weighted by Gasteiger charge is 2.34. The van der Waals surface area contributed by atoms with Gasteiger partial charge in [-0.3, -0.25) is 4.79 Å².